The monoisotopic (exact) mass is 1520 g/mol. The van der Waals surface area contributed by atoms with Crippen LogP contribution in [0.5, 0.6) is 0 Å². The number of aliphatic hydroxyl groups excluding tert-OH is 1. The van der Waals surface area contributed by atoms with Gasteiger partial charge in [-0.2, -0.15) is 0 Å². The topological polar surface area (TPSA) is 237 Å². The maximum atomic E-state index is 13.1. The van der Waals surface area contributed by atoms with Gasteiger partial charge in [0.15, 0.2) is 12.2 Å². The third-order valence-corrected chi connectivity index (χ3v) is 21.9. The Kier molecular flexibility index (Phi) is 76.3. The van der Waals surface area contributed by atoms with Crippen molar-refractivity contribution in [3.63, 3.8) is 0 Å². The van der Waals surface area contributed by atoms with Crippen molar-refractivity contribution < 1.29 is 80.2 Å². The Morgan fingerprint density at radius 3 is 0.654 bits per heavy atom. The van der Waals surface area contributed by atoms with Crippen molar-refractivity contribution in [1.82, 2.24) is 0 Å². The van der Waals surface area contributed by atoms with Crippen molar-refractivity contribution >= 4 is 39.5 Å². The molecule has 0 saturated carbocycles. The minimum absolute atomic E-state index is 0.106. The summed E-state index contributed by atoms with van der Waals surface area (Å²) in [4.78, 5) is 73.2. The first-order valence-electron chi connectivity index (χ1n) is 44.1. The van der Waals surface area contributed by atoms with Gasteiger partial charge in [0, 0.05) is 25.7 Å². The van der Waals surface area contributed by atoms with Gasteiger partial charge < -0.3 is 33.8 Å². The fourth-order valence-corrected chi connectivity index (χ4v) is 14.9. The SMILES string of the molecule is CCCCCCCCCCCCCCCCCCCCCCCCC(=O)O[C@H](COC(=O)CCCCCCCCCCCCCCCCCCCC)COP(=O)(O)OC[C@@H](O)COP(=O)(O)OC[C@@H](COC(=O)CCCCCCCCCCCCCC)OC(=O)CCCCCCCCCCCC(C)C. The minimum Gasteiger partial charge on any atom is -0.462 e. The van der Waals surface area contributed by atoms with E-state index in [2.05, 4.69) is 34.6 Å². The molecule has 19 heteroatoms. The Morgan fingerprint density at radius 1 is 0.260 bits per heavy atom. The van der Waals surface area contributed by atoms with Gasteiger partial charge in [-0.3, -0.25) is 37.3 Å². The molecule has 0 aromatic heterocycles. The first-order valence-corrected chi connectivity index (χ1v) is 47.1. The number of esters is 4. The number of rotatable bonds is 85. The van der Waals surface area contributed by atoms with Crippen molar-refractivity contribution in [2.75, 3.05) is 39.6 Å². The van der Waals surface area contributed by atoms with Crippen LogP contribution in [0.2, 0.25) is 0 Å². The van der Waals surface area contributed by atoms with Gasteiger partial charge in [-0.05, 0) is 31.6 Å². The molecule has 0 aromatic carbocycles. The average molecular weight is 1520 g/mol. The molecule has 0 bridgehead atoms. The summed E-state index contributed by atoms with van der Waals surface area (Å²) in [6, 6.07) is 0. The largest absolute Gasteiger partial charge is 0.472 e. The van der Waals surface area contributed by atoms with E-state index in [1.54, 1.807) is 0 Å². The molecule has 2 unspecified atom stereocenters. The van der Waals surface area contributed by atoms with E-state index >= 15 is 0 Å². The van der Waals surface area contributed by atoms with Crippen LogP contribution in [0.15, 0.2) is 0 Å². The predicted molar refractivity (Wildman–Crippen MR) is 428 cm³/mol. The average Bonchev–Trinajstić information content (AvgIpc) is 0.924. The lowest BCUT2D eigenvalue weighted by atomic mass is 10.0. The van der Waals surface area contributed by atoms with Crippen LogP contribution in [-0.2, 0) is 65.4 Å². The first kappa shape index (κ1) is 102. The van der Waals surface area contributed by atoms with Crippen LogP contribution in [0.4, 0.5) is 0 Å². The second kappa shape index (κ2) is 77.8. The maximum absolute atomic E-state index is 13.1. The predicted octanol–water partition coefficient (Wildman–Crippen LogP) is 26.0. The highest BCUT2D eigenvalue weighted by Crippen LogP contribution is 2.45. The van der Waals surface area contributed by atoms with Gasteiger partial charge in [0.05, 0.1) is 26.4 Å². The van der Waals surface area contributed by atoms with Gasteiger partial charge in [0.2, 0.25) is 0 Å². The minimum atomic E-state index is -4.96. The van der Waals surface area contributed by atoms with Crippen molar-refractivity contribution in [3.05, 3.63) is 0 Å². The number of phosphoric acid groups is 2. The zero-order chi connectivity index (χ0) is 76.2. The quantitative estimate of drug-likeness (QED) is 0.0222. The smallest absolute Gasteiger partial charge is 0.462 e. The highest BCUT2D eigenvalue weighted by Gasteiger charge is 2.30. The van der Waals surface area contributed by atoms with Gasteiger partial charge in [-0.25, -0.2) is 9.13 Å². The van der Waals surface area contributed by atoms with Crippen LogP contribution < -0.4 is 0 Å². The molecular formula is C85H166O17P2. The molecule has 0 rings (SSSR count). The van der Waals surface area contributed by atoms with Crippen LogP contribution in [0, 0.1) is 5.92 Å². The summed E-state index contributed by atoms with van der Waals surface area (Å²) in [6.45, 7) is 7.33. The van der Waals surface area contributed by atoms with E-state index in [0.717, 1.165) is 95.8 Å². The van der Waals surface area contributed by atoms with Gasteiger partial charge in [0.1, 0.15) is 19.3 Å². The number of hydrogen-bond acceptors (Lipinski definition) is 15. The van der Waals surface area contributed by atoms with E-state index in [9.17, 15) is 43.2 Å². The maximum Gasteiger partial charge on any atom is 0.472 e. The summed E-state index contributed by atoms with van der Waals surface area (Å²) in [5, 5.41) is 10.7. The van der Waals surface area contributed by atoms with Crippen molar-refractivity contribution in [2.45, 2.75) is 477 Å². The molecule has 0 saturated heterocycles. The molecule has 104 heavy (non-hydrogen) atoms. The van der Waals surface area contributed by atoms with E-state index in [1.807, 2.05) is 0 Å². The molecule has 3 N–H and O–H groups in total. The highest BCUT2D eigenvalue weighted by atomic mass is 31.2. The van der Waals surface area contributed by atoms with E-state index < -0.39 is 97.5 Å². The summed E-state index contributed by atoms with van der Waals surface area (Å²) < 4.78 is 68.8. The lowest BCUT2D eigenvalue weighted by molar-refractivity contribution is -0.161. The Bertz CT molecular complexity index is 1980. The standard InChI is InChI=1S/C85H166O17P2/c1-6-9-12-15-18-21-24-27-29-31-33-34-35-36-38-40-42-45-50-55-60-65-70-84(89)101-80(74-96-83(88)69-64-59-54-49-44-41-39-37-32-30-28-25-22-19-16-13-10-7-2)76-99-103(91,92)97-72-79(86)73-98-104(93,94)100-77-81(102-85(90)71-66-61-56-51-46-47-52-57-62-67-78(4)5)75-95-82(87)68-63-58-53-48-43-26-23-20-17-14-11-8-3/h78-81,86H,6-77H2,1-5H3,(H,91,92)(H,93,94)/t79-,80-,81-/m1/s1. The zero-order valence-electron chi connectivity index (χ0n) is 68.2. The summed E-state index contributed by atoms with van der Waals surface area (Å²) in [5.41, 5.74) is 0. The van der Waals surface area contributed by atoms with Crippen LogP contribution in [-0.4, -0.2) is 96.7 Å². The zero-order valence-corrected chi connectivity index (χ0v) is 70.0. The summed E-state index contributed by atoms with van der Waals surface area (Å²) in [6.07, 6.45) is 70.9. The van der Waals surface area contributed by atoms with Crippen molar-refractivity contribution in [1.29, 1.82) is 0 Å². The molecule has 17 nitrogen and oxygen atoms in total. The number of phosphoric ester groups is 2. The van der Waals surface area contributed by atoms with E-state index in [-0.39, 0.29) is 25.7 Å². The number of aliphatic hydroxyl groups is 1. The molecular weight excluding hydrogens is 1350 g/mol. The normalized spacial score (nSPS) is 13.8. The molecule has 0 aliphatic heterocycles. The second-order valence-corrected chi connectivity index (χ2v) is 34.0. The Hall–Kier alpha value is -1.94. The fraction of sp³-hybridized carbons (Fsp3) is 0.953. The Balaban J connectivity index is 5.22. The summed E-state index contributed by atoms with van der Waals surface area (Å²) >= 11 is 0. The second-order valence-electron chi connectivity index (χ2n) is 31.1. The molecule has 0 aliphatic carbocycles. The van der Waals surface area contributed by atoms with Gasteiger partial charge in [-0.15, -0.1) is 0 Å². The number of ether oxygens (including phenoxy) is 4. The molecule has 0 spiro atoms. The third kappa shape index (κ3) is 78.2. The number of carbonyl (C=O) groups excluding carboxylic acids is 4. The van der Waals surface area contributed by atoms with Crippen molar-refractivity contribution in [2.24, 2.45) is 5.92 Å². The first-order chi connectivity index (χ1) is 50.5. The number of unbranched alkanes of at least 4 members (excludes halogenated alkanes) is 57. The summed E-state index contributed by atoms with van der Waals surface area (Å²) in [7, 11) is -9.92. The molecule has 0 amide bonds. The summed E-state index contributed by atoms with van der Waals surface area (Å²) in [5.74, 6) is -1.37. The van der Waals surface area contributed by atoms with Crippen LogP contribution in [0.1, 0.15) is 458 Å². The molecule has 0 fully saturated rings. The lowest BCUT2D eigenvalue weighted by Gasteiger charge is -2.21. The Labute approximate surface area is 638 Å². The molecule has 0 aliphatic rings. The molecule has 618 valence electrons. The van der Waals surface area contributed by atoms with Gasteiger partial charge in [-0.1, -0.05) is 407 Å². The van der Waals surface area contributed by atoms with Crippen LogP contribution in [0.3, 0.4) is 0 Å². The van der Waals surface area contributed by atoms with Gasteiger partial charge in [0.25, 0.3) is 0 Å². The highest BCUT2D eigenvalue weighted by molar-refractivity contribution is 7.47. The van der Waals surface area contributed by atoms with Crippen molar-refractivity contribution in [3.8, 4) is 0 Å². The Morgan fingerprint density at radius 2 is 0.442 bits per heavy atom. The van der Waals surface area contributed by atoms with E-state index in [1.165, 1.54) is 283 Å². The molecule has 0 heterocycles. The molecule has 0 radical (unpaired) electrons. The van der Waals surface area contributed by atoms with E-state index in [4.69, 9.17) is 37.0 Å². The van der Waals surface area contributed by atoms with E-state index in [0.29, 0.717) is 25.7 Å². The lowest BCUT2D eigenvalue weighted by Crippen LogP contribution is -2.30. The molecule has 5 atom stereocenters. The van der Waals surface area contributed by atoms with Gasteiger partial charge >= 0.3 is 39.5 Å². The fourth-order valence-electron chi connectivity index (χ4n) is 13.3. The van der Waals surface area contributed by atoms with Crippen LogP contribution in [0.25, 0.3) is 0 Å². The molecule has 0 aromatic rings. The number of carbonyl (C=O) groups is 4. The third-order valence-electron chi connectivity index (χ3n) is 20.0. The van der Waals surface area contributed by atoms with Crippen LogP contribution >= 0.6 is 15.6 Å². The number of hydrogen-bond donors (Lipinski definition) is 3.